The van der Waals surface area contributed by atoms with Crippen molar-refractivity contribution in [2.45, 2.75) is 33.1 Å². The molecule has 4 heteroatoms. The summed E-state index contributed by atoms with van der Waals surface area (Å²) < 4.78 is 10.5. The van der Waals surface area contributed by atoms with Crippen LogP contribution in [0, 0.1) is 23.7 Å². The zero-order valence-corrected chi connectivity index (χ0v) is 11.6. The third-order valence-electron chi connectivity index (χ3n) is 3.90. The van der Waals surface area contributed by atoms with E-state index in [0.717, 1.165) is 19.3 Å². The number of ether oxygens (including phenoxy) is 2. The Morgan fingerprint density at radius 1 is 0.947 bits per heavy atom. The first-order valence-corrected chi connectivity index (χ1v) is 7.20. The predicted molar refractivity (Wildman–Crippen MR) is 70.2 cm³/mol. The molecule has 1 saturated carbocycles. The highest BCUT2D eigenvalue weighted by Crippen LogP contribution is 2.49. The summed E-state index contributed by atoms with van der Waals surface area (Å²) in [6.07, 6.45) is 6.57. The second-order valence-electron chi connectivity index (χ2n) is 5.33. The zero-order valence-electron chi connectivity index (χ0n) is 11.6. The molecule has 0 saturated heterocycles. The van der Waals surface area contributed by atoms with Crippen molar-refractivity contribution in [3.05, 3.63) is 12.2 Å². The lowest BCUT2D eigenvalue weighted by atomic mass is 9.83. The van der Waals surface area contributed by atoms with E-state index in [1.165, 1.54) is 0 Å². The Hall–Kier alpha value is -1.32. The van der Waals surface area contributed by atoms with Crippen LogP contribution in [0.4, 0.5) is 0 Å². The van der Waals surface area contributed by atoms with E-state index in [1.807, 2.05) is 26.0 Å². The van der Waals surface area contributed by atoms with Gasteiger partial charge in [-0.15, -0.1) is 0 Å². The van der Waals surface area contributed by atoms with Crippen LogP contribution in [-0.4, -0.2) is 25.2 Å². The normalized spacial score (nSPS) is 31.5. The fraction of sp³-hybridized carbons (Fsp3) is 0.733. The van der Waals surface area contributed by atoms with Gasteiger partial charge in [-0.25, -0.2) is 0 Å². The van der Waals surface area contributed by atoms with Crippen LogP contribution in [0.25, 0.3) is 0 Å². The summed E-state index contributed by atoms with van der Waals surface area (Å²) in [6.45, 7) is 4.77. The maximum atomic E-state index is 12.1. The Morgan fingerprint density at radius 3 is 1.74 bits per heavy atom. The molecule has 106 valence electrons. The SMILES string of the molecule is CCCOC(=O)[C@@H]1[C@H](C(=O)OCCC)[C@H]2C=C[C@@H]1C2. The van der Waals surface area contributed by atoms with Crippen molar-refractivity contribution in [2.75, 3.05) is 13.2 Å². The van der Waals surface area contributed by atoms with Crippen LogP contribution < -0.4 is 0 Å². The van der Waals surface area contributed by atoms with Gasteiger partial charge in [-0.1, -0.05) is 26.0 Å². The maximum absolute atomic E-state index is 12.1. The molecule has 4 atom stereocenters. The highest BCUT2D eigenvalue weighted by molar-refractivity contribution is 5.84. The first kappa shape index (κ1) is 14.1. The third-order valence-corrected chi connectivity index (χ3v) is 3.90. The molecule has 0 aliphatic heterocycles. The van der Waals surface area contributed by atoms with Gasteiger partial charge in [0.1, 0.15) is 0 Å². The van der Waals surface area contributed by atoms with Gasteiger partial charge in [-0.2, -0.15) is 0 Å². The molecule has 0 aromatic heterocycles. The molecule has 0 unspecified atom stereocenters. The molecular formula is C15H22O4. The third kappa shape index (κ3) is 2.82. The summed E-state index contributed by atoms with van der Waals surface area (Å²) in [7, 11) is 0. The Bertz CT molecular complexity index is 340. The fourth-order valence-corrected chi connectivity index (χ4v) is 3.06. The van der Waals surface area contributed by atoms with Crippen molar-refractivity contribution in [1.29, 1.82) is 0 Å². The van der Waals surface area contributed by atoms with Crippen molar-refractivity contribution in [3.8, 4) is 0 Å². The number of esters is 2. The summed E-state index contributed by atoms with van der Waals surface area (Å²) in [4.78, 5) is 24.2. The first-order chi connectivity index (χ1) is 9.19. The lowest BCUT2D eigenvalue weighted by molar-refractivity contribution is -0.161. The van der Waals surface area contributed by atoms with Crippen LogP contribution in [0.5, 0.6) is 0 Å². The molecule has 2 bridgehead atoms. The molecule has 0 amide bonds. The van der Waals surface area contributed by atoms with E-state index in [4.69, 9.17) is 9.47 Å². The van der Waals surface area contributed by atoms with E-state index in [1.54, 1.807) is 0 Å². The predicted octanol–water partition coefficient (Wildman–Crippen LogP) is 2.33. The van der Waals surface area contributed by atoms with E-state index >= 15 is 0 Å². The van der Waals surface area contributed by atoms with Crippen LogP contribution in [0.2, 0.25) is 0 Å². The van der Waals surface area contributed by atoms with Crippen molar-refractivity contribution in [3.63, 3.8) is 0 Å². The molecule has 0 spiro atoms. The van der Waals surface area contributed by atoms with Gasteiger partial charge in [0.25, 0.3) is 0 Å². The molecule has 0 heterocycles. The summed E-state index contributed by atoms with van der Waals surface area (Å²) in [5, 5.41) is 0. The van der Waals surface area contributed by atoms with Crippen molar-refractivity contribution >= 4 is 11.9 Å². The monoisotopic (exact) mass is 266 g/mol. The minimum Gasteiger partial charge on any atom is -0.465 e. The molecule has 0 N–H and O–H groups in total. The number of hydrogen-bond donors (Lipinski definition) is 0. The van der Waals surface area contributed by atoms with Gasteiger partial charge < -0.3 is 9.47 Å². The number of allylic oxidation sites excluding steroid dienone is 2. The molecule has 2 rings (SSSR count). The van der Waals surface area contributed by atoms with Gasteiger partial charge >= 0.3 is 11.9 Å². The second kappa shape index (κ2) is 6.22. The Labute approximate surface area is 114 Å². The average molecular weight is 266 g/mol. The van der Waals surface area contributed by atoms with E-state index in [-0.39, 0.29) is 35.6 Å². The lowest BCUT2D eigenvalue weighted by Gasteiger charge is -2.24. The highest BCUT2D eigenvalue weighted by atomic mass is 16.5. The van der Waals surface area contributed by atoms with Gasteiger partial charge in [-0.3, -0.25) is 9.59 Å². The summed E-state index contributed by atoms with van der Waals surface area (Å²) in [6, 6.07) is 0. The standard InChI is InChI=1S/C15H22O4/c1-3-7-18-14(16)12-10-5-6-11(9-10)13(12)15(17)19-8-4-2/h5-6,10-13H,3-4,7-9H2,1-2H3/t10-,11+,12+,13-. The van der Waals surface area contributed by atoms with Crippen LogP contribution in [-0.2, 0) is 19.1 Å². The Balaban J connectivity index is 2.04. The van der Waals surface area contributed by atoms with Crippen LogP contribution >= 0.6 is 0 Å². The van der Waals surface area contributed by atoms with Crippen molar-refractivity contribution in [2.24, 2.45) is 23.7 Å². The van der Waals surface area contributed by atoms with E-state index in [9.17, 15) is 9.59 Å². The molecule has 0 radical (unpaired) electrons. The molecule has 4 nitrogen and oxygen atoms in total. The van der Waals surface area contributed by atoms with Crippen LogP contribution in [0.1, 0.15) is 33.1 Å². The second-order valence-corrected chi connectivity index (χ2v) is 5.33. The number of fused-ring (bicyclic) bond motifs is 2. The van der Waals surface area contributed by atoms with Gasteiger partial charge in [-0.05, 0) is 31.1 Å². The van der Waals surface area contributed by atoms with E-state index < -0.39 is 0 Å². The average Bonchev–Trinajstić information content (AvgIpc) is 3.02. The van der Waals surface area contributed by atoms with Crippen LogP contribution in [0.15, 0.2) is 12.2 Å². The minimum atomic E-state index is -0.342. The number of carbonyl (C=O) groups is 2. The number of rotatable bonds is 6. The highest BCUT2D eigenvalue weighted by Gasteiger charge is 2.52. The number of hydrogen-bond acceptors (Lipinski definition) is 4. The van der Waals surface area contributed by atoms with Crippen molar-refractivity contribution < 1.29 is 19.1 Å². The molecule has 0 aromatic carbocycles. The maximum Gasteiger partial charge on any atom is 0.310 e. The number of carbonyl (C=O) groups excluding carboxylic acids is 2. The first-order valence-electron chi connectivity index (χ1n) is 7.20. The van der Waals surface area contributed by atoms with Gasteiger partial charge in [0.05, 0.1) is 25.0 Å². The molecule has 2 aliphatic carbocycles. The van der Waals surface area contributed by atoms with Gasteiger partial charge in [0, 0.05) is 0 Å². The molecule has 0 aromatic rings. The summed E-state index contributed by atoms with van der Waals surface area (Å²) >= 11 is 0. The summed E-state index contributed by atoms with van der Waals surface area (Å²) in [5.41, 5.74) is 0. The zero-order chi connectivity index (χ0) is 13.8. The lowest BCUT2D eigenvalue weighted by Crippen LogP contribution is -2.35. The van der Waals surface area contributed by atoms with Crippen molar-refractivity contribution in [1.82, 2.24) is 0 Å². The van der Waals surface area contributed by atoms with Gasteiger partial charge in [0.2, 0.25) is 0 Å². The van der Waals surface area contributed by atoms with Gasteiger partial charge in [0.15, 0.2) is 0 Å². The Kier molecular flexibility index (Phi) is 4.61. The Morgan fingerprint density at radius 2 is 1.37 bits per heavy atom. The van der Waals surface area contributed by atoms with Crippen LogP contribution in [0.3, 0.4) is 0 Å². The largest absolute Gasteiger partial charge is 0.465 e. The molecule has 19 heavy (non-hydrogen) atoms. The quantitative estimate of drug-likeness (QED) is 0.547. The van der Waals surface area contributed by atoms with E-state index in [0.29, 0.717) is 13.2 Å². The smallest absolute Gasteiger partial charge is 0.310 e. The topological polar surface area (TPSA) is 52.6 Å². The molecule has 2 aliphatic rings. The van der Waals surface area contributed by atoms with E-state index in [2.05, 4.69) is 0 Å². The molecular weight excluding hydrogens is 244 g/mol. The molecule has 1 fully saturated rings. The minimum absolute atomic E-state index is 0.147. The fourth-order valence-electron chi connectivity index (χ4n) is 3.06. The summed E-state index contributed by atoms with van der Waals surface area (Å²) in [5.74, 6) is -0.867.